The van der Waals surface area contributed by atoms with Gasteiger partial charge in [0, 0.05) is 56.8 Å². The van der Waals surface area contributed by atoms with Gasteiger partial charge in [0.05, 0.1) is 11.3 Å². The Labute approximate surface area is 238 Å². The third-order valence-corrected chi connectivity index (χ3v) is 8.58. The molecule has 0 N–H and O–H groups in total. The van der Waals surface area contributed by atoms with Crippen LogP contribution in [0.4, 0.5) is 17.1 Å². The normalized spacial score (nSPS) is 13.8. The van der Waals surface area contributed by atoms with Gasteiger partial charge in [-0.25, -0.2) is 0 Å². The van der Waals surface area contributed by atoms with Crippen LogP contribution in [0.2, 0.25) is 0 Å². The molecular weight excluding hydrogens is 538 g/mol. The largest absolute Gasteiger partial charge is 0.310 e. The molecule has 0 unspecified atom stereocenters. The zero-order valence-corrected chi connectivity index (χ0v) is 23.5. The van der Waals surface area contributed by atoms with E-state index in [0.29, 0.717) is 0 Å². The van der Waals surface area contributed by atoms with Gasteiger partial charge in [-0.1, -0.05) is 72.2 Å². The van der Waals surface area contributed by atoms with Crippen LogP contribution in [0.5, 0.6) is 0 Å². The first-order valence-corrected chi connectivity index (χ1v) is 14.1. The molecule has 2 aliphatic rings. The molecule has 2 heteroatoms. The molecular formula is C37H27BrN+. The second-order valence-electron chi connectivity index (χ2n) is 10.7. The van der Waals surface area contributed by atoms with E-state index in [1.54, 1.807) is 0 Å². The van der Waals surface area contributed by atoms with E-state index in [1.165, 1.54) is 38.6 Å². The zero-order chi connectivity index (χ0) is 26.6. The molecule has 0 amide bonds. The van der Waals surface area contributed by atoms with Crippen LogP contribution in [0.15, 0.2) is 126 Å². The lowest BCUT2D eigenvalue weighted by molar-refractivity contribution is 0.660. The minimum absolute atomic E-state index is 0.0530. The van der Waals surface area contributed by atoms with Crippen molar-refractivity contribution in [3.8, 4) is 22.3 Å². The smallest absolute Gasteiger partial charge is 0.155 e. The van der Waals surface area contributed by atoms with Gasteiger partial charge < -0.3 is 4.90 Å². The summed E-state index contributed by atoms with van der Waals surface area (Å²) in [6.45, 7) is 4.67. The molecule has 7 rings (SSSR count). The van der Waals surface area contributed by atoms with E-state index in [0.717, 1.165) is 26.8 Å². The molecule has 5 aromatic carbocycles. The summed E-state index contributed by atoms with van der Waals surface area (Å²) < 4.78 is 1.07. The quantitative estimate of drug-likeness (QED) is 0.197. The summed E-state index contributed by atoms with van der Waals surface area (Å²) in [7, 11) is 0. The maximum atomic E-state index is 3.61. The molecule has 0 saturated carbocycles. The number of anilines is 3. The average molecular weight is 566 g/mol. The maximum absolute atomic E-state index is 3.61. The first kappa shape index (κ1) is 23.9. The molecule has 0 bridgehead atoms. The Morgan fingerprint density at radius 2 is 1.31 bits per heavy atom. The van der Waals surface area contributed by atoms with Crippen molar-refractivity contribution in [2.75, 3.05) is 4.90 Å². The second kappa shape index (κ2) is 9.20. The topological polar surface area (TPSA) is 3.24 Å². The van der Waals surface area contributed by atoms with Gasteiger partial charge in [-0.2, -0.15) is 0 Å². The molecule has 2 aliphatic carbocycles. The van der Waals surface area contributed by atoms with Crippen LogP contribution in [0.1, 0.15) is 25.0 Å². The molecule has 186 valence electrons. The van der Waals surface area contributed by atoms with Gasteiger partial charge in [0.25, 0.3) is 0 Å². The lowest BCUT2D eigenvalue weighted by atomic mass is 9.82. The Hall–Kier alpha value is -4.23. The van der Waals surface area contributed by atoms with Crippen LogP contribution in [-0.2, 0) is 5.41 Å². The van der Waals surface area contributed by atoms with Gasteiger partial charge >= 0.3 is 0 Å². The number of rotatable bonds is 4. The van der Waals surface area contributed by atoms with Crippen LogP contribution >= 0.6 is 15.9 Å². The molecule has 0 fully saturated rings. The van der Waals surface area contributed by atoms with Gasteiger partial charge in [-0.3, -0.25) is 0 Å². The number of halogens is 1. The Morgan fingerprint density at radius 3 is 2.10 bits per heavy atom. The van der Waals surface area contributed by atoms with E-state index >= 15 is 0 Å². The van der Waals surface area contributed by atoms with Crippen molar-refractivity contribution in [2.45, 2.75) is 19.3 Å². The predicted molar refractivity (Wildman–Crippen MR) is 168 cm³/mol. The molecule has 0 aromatic heterocycles. The molecule has 1 nitrogen and oxygen atoms in total. The van der Waals surface area contributed by atoms with Crippen molar-refractivity contribution in [3.05, 3.63) is 147 Å². The summed E-state index contributed by atoms with van der Waals surface area (Å²) in [6, 6.07) is 39.7. The third kappa shape index (κ3) is 3.96. The van der Waals surface area contributed by atoms with E-state index in [-0.39, 0.29) is 5.41 Å². The van der Waals surface area contributed by atoms with Crippen LogP contribution in [-0.4, -0.2) is 0 Å². The van der Waals surface area contributed by atoms with Crippen molar-refractivity contribution in [1.82, 2.24) is 0 Å². The minimum atomic E-state index is -0.0530. The molecule has 39 heavy (non-hydrogen) atoms. The van der Waals surface area contributed by atoms with Gasteiger partial charge in [-0.05, 0) is 88.5 Å². The lowest BCUT2D eigenvalue weighted by Gasteiger charge is -2.28. The number of hydrogen-bond acceptors (Lipinski definition) is 1. The highest BCUT2D eigenvalue weighted by Gasteiger charge is 2.35. The van der Waals surface area contributed by atoms with E-state index in [1.807, 2.05) is 6.08 Å². The molecule has 0 saturated heterocycles. The van der Waals surface area contributed by atoms with Gasteiger partial charge in [0.1, 0.15) is 0 Å². The fourth-order valence-electron chi connectivity index (χ4n) is 6.06. The van der Waals surface area contributed by atoms with Crippen LogP contribution in [0.3, 0.4) is 0 Å². The fourth-order valence-corrected chi connectivity index (χ4v) is 6.33. The number of benzene rings is 5. The highest BCUT2D eigenvalue weighted by atomic mass is 79.9. The number of fused-ring (bicyclic) bond motifs is 4. The van der Waals surface area contributed by atoms with E-state index in [9.17, 15) is 0 Å². The Morgan fingerprint density at radius 1 is 0.641 bits per heavy atom. The summed E-state index contributed by atoms with van der Waals surface area (Å²) in [5, 5.41) is 2.36. The van der Waals surface area contributed by atoms with Crippen molar-refractivity contribution < 1.29 is 0 Å². The Balaban J connectivity index is 1.35. The fraction of sp³-hybridized carbons (Fsp3) is 0.0811. The van der Waals surface area contributed by atoms with Crippen LogP contribution in [0.25, 0.3) is 34.4 Å². The maximum Gasteiger partial charge on any atom is 0.155 e. The van der Waals surface area contributed by atoms with Crippen molar-refractivity contribution in [2.24, 2.45) is 0 Å². The highest BCUT2D eigenvalue weighted by molar-refractivity contribution is 9.10. The minimum Gasteiger partial charge on any atom is -0.310 e. The second-order valence-corrected chi connectivity index (χ2v) is 11.6. The van der Waals surface area contributed by atoms with Crippen molar-refractivity contribution in [1.29, 1.82) is 0 Å². The predicted octanol–water partition coefficient (Wildman–Crippen LogP) is 8.90. The molecule has 0 spiro atoms. The average Bonchev–Trinajstić information content (AvgIpc) is 3.20. The Bertz CT molecular complexity index is 1880. The van der Waals surface area contributed by atoms with Crippen molar-refractivity contribution in [3.63, 3.8) is 0 Å². The van der Waals surface area contributed by atoms with Gasteiger partial charge in [-0.15, -0.1) is 0 Å². The summed E-state index contributed by atoms with van der Waals surface area (Å²) in [6.07, 6.45) is 9.57. The first-order valence-electron chi connectivity index (χ1n) is 13.3. The van der Waals surface area contributed by atoms with Crippen LogP contribution in [0, 0.1) is 0 Å². The number of allylic oxidation sites excluding steroid dienone is 2. The number of nitrogens with zero attached hydrogens (tertiary/aromatic N) is 1. The lowest BCUT2D eigenvalue weighted by Crippen LogP contribution is -2.27. The first-order chi connectivity index (χ1) is 19.0. The SMILES string of the molecule is CC1(C)c2ccccc2-c2ccc(N(c3ccc(Br)cc3)c3ccc(-c4cccc5c4=CC=C[C+]=5)cc3)cc21. The summed E-state index contributed by atoms with van der Waals surface area (Å²) in [5.41, 5.74) is 11.2. The molecule has 0 aliphatic heterocycles. The van der Waals surface area contributed by atoms with Gasteiger partial charge in [0.15, 0.2) is 5.22 Å². The van der Waals surface area contributed by atoms with Crippen molar-refractivity contribution >= 4 is 45.1 Å². The summed E-state index contributed by atoms with van der Waals surface area (Å²) in [4.78, 5) is 2.35. The molecule has 5 aromatic rings. The van der Waals surface area contributed by atoms with E-state index in [2.05, 4.69) is 162 Å². The third-order valence-electron chi connectivity index (χ3n) is 8.05. The highest BCUT2D eigenvalue weighted by Crippen LogP contribution is 2.50. The Kier molecular flexibility index (Phi) is 5.63. The van der Waals surface area contributed by atoms with E-state index < -0.39 is 0 Å². The molecule has 0 heterocycles. The van der Waals surface area contributed by atoms with E-state index in [4.69, 9.17) is 0 Å². The molecule has 0 radical (unpaired) electrons. The number of hydrogen-bond donors (Lipinski definition) is 0. The summed E-state index contributed by atoms with van der Waals surface area (Å²) >= 11 is 3.61. The zero-order valence-electron chi connectivity index (χ0n) is 21.9. The standard InChI is InChI=1S/C37H27BrN/c1-37(2)35-13-6-5-11-33(35)34-23-22-30(24-36(34)37)39(29-20-16-27(38)17-21-29)28-18-14-26(15-19-28)32-12-7-9-25-8-3-4-10-31(25)32/h3-7,9-24H,1-2H3/q+1. The van der Waals surface area contributed by atoms with Gasteiger partial charge in [0.2, 0.25) is 0 Å². The molecule has 0 atom stereocenters. The van der Waals surface area contributed by atoms with Crippen LogP contribution < -0.4 is 15.3 Å². The monoisotopic (exact) mass is 564 g/mol. The summed E-state index contributed by atoms with van der Waals surface area (Å²) in [5.74, 6) is 0.